The molecule has 0 spiro atoms. The zero-order valence-corrected chi connectivity index (χ0v) is 15.2. The monoisotopic (exact) mass is 337 g/mol. The third-order valence-electron chi connectivity index (χ3n) is 4.67. The van der Waals surface area contributed by atoms with Crippen LogP contribution in [0.4, 0.5) is 4.39 Å². The van der Waals surface area contributed by atoms with E-state index >= 15 is 0 Å². The van der Waals surface area contributed by atoms with Crippen molar-refractivity contribution in [3.8, 4) is 5.69 Å². The Labute approximate surface area is 148 Å². The normalized spacial score (nSPS) is 12.4. The number of nitrogens with one attached hydrogen (secondary N) is 1. The molecule has 1 aromatic heterocycles. The second kappa shape index (κ2) is 7.19. The van der Waals surface area contributed by atoms with Crippen LogP contribution in [0.1, 0.15) is 40.9 Å². The first-order chi connectivity index (χ1) is 12.0. The summed E-state index contributed by atoms with van der Waals surface area (Å²) in [5.74, 6) is -0.255. The maximum atomic E-state index is 13.5. The molecule has 3 aromatic rings. The van der Waals surface area contributed by atoms with Crippen molar-refractivity contribution < 1.29 is 4.39 Å². The summed E-state index contributed by atoms with van der Waals surface area (Å²) >= 11 is 0. The van der Waals surface area contributed by atoms with Gasteiger partial charge in [-0.2, -0.15) is 5.10 Å². The molecule has 0 unspecified atom stereocenters. The Kier molecular flexibility index (Phi) is 5.00. The highest BCUT2D eigenvalue weighted by Gasteiger charge is 2.14. The third kappa shape index (κ3) is 3.80. The Morgan fingerprint density at radius 1 is 1.12 bits per heavy atom. The van der Waals surface area contributed by atoms with E-state index in [9.17, 15) is 4.39 Å². The molecule has 0 saturated carbocycles. The van der Waals surface area contributed by atoms with Gasteiger partial charge in [0.1, 0.15) is 5.82 Å². The second-order valence-corrected chi connectivity index (χ2v) is 6.61. The first-order valence-electron chi connectivity index (χ1n) is 8.55. The van der Waals surface area contributed by atoms with E-state index in [0.29, 0.717) is 0 Å². The van der Waals surface area contributed by atoms with Crippen LogP contribution >= 0.6 is 0 Å². The minimum Gasteiger partial charge on any atom is -0.306 e. The molecule has 0 amide bonds. The molecule has 3 nitrogen and oxygen atoms in total. The Morgan fingerprint density at radius 3 is 2.68 bits per heavy atom. The maximum absolute atomic E-state index is 13.5. The maximum Gasteiger partial charge on any atom is 0.125 e. The molecule has 0 fully saturated rings. The largest absolute Gasteiger partial charge is 0.306 e. The van der Waals surface area contributed by atoms with E-state index in [1.807, 2.05) is 19.2 Å². The number of halogens is 1. The number of hydrogen-bond acceptors (Lipinski definition) is 2. The van der Waals surface area contributed by atoms with Gasteiger partial charge in [0.25, 0.3) is 0 Å². The highest BCUT2D eigenvalue weighted by molar-refractivity contribution is 5.36. The summed E-state index contributed by atoms with van der Waals surface area (Å²) in [4.78, 5) is 0. The molecule has 25 heavy (non-hydrogen) atoms. The van der Waals surface area contributed by atoms with Gasteiger partial charge < -0.3 is 5.32 Å². The Balaban J connectivity index is 1.77. The Hall–Kier alpha value is -2.46. The fraction of sp³-hybridized carbons (Fsp3) is 0.286. The molecular weight excluding hydrogens is 313 g/mol. The van der Waals surface area contributed by atoms with Crippen molar-refractivity contribution in [2.45, 2.75) is 40.3 Å². The van der Waals surface area contributed by atoms with E-state index in [1.54, 1.807) is 10.7 Å². The minimum absolute atomic E-state index is 0.155. The zero-order valence-electron chi connectivity index (χ0n) is 15.2. The summed E-state index contributed by atoms with van der Waals surface area (Å²) in [7, 11) is 0. The Morgan fingerprint density at radius 2 is 1.92 bits per heavy atom. The van der Waals surface area contributed by atoms with Gasteiger partial charge in [-0.05, 0) is 57.0 Å². The number of hydrogen-bond donors (Lipinski definition) is 1. The molecule has 1 atom stereocenters. The van der Waals surface area contributed by atoms with Crippen LogP contribution in [0.15, 0.2) is 48.7 Å². The zero-order chi connectivity index (χ0) is 18.0. The fourth-order valence-electron chi connectivity index (χ4n) is 3.08. The van der Waals surface area contributed by atoms with E-state index in [2.05, 4.69) is 49.4 Å². The van der Waals surface area contributed by atoms with E-state index in [0.717, 1.165) is 23.5 Å². The second-order valence-electron chi connectivity index (χ2n) is 6.61. The topological polar surface area (TPSA) is 29.9 Å². The number of nitrogens with zero attached hydrogens (tertiary/aromatic N) is 2. The van der Waals surface area contributed by atoms with Gasteiger partial charge in [-0.15, -0.1) is 0 Å². The molecule has 4 heteroatoms. The van der Waals surface area contributed by atoms with Gasteiger partial charge in [0.15, 0.2) is 0 Å². The van der Waals surface area contributed by atoms with E-state index in [1.165, 1.54) is 28.8 Å². The van der Waals surface area contributed by atoms with Crippen molar-refractivity contribution in [2.75, 3.05) is 0 Å². The van der Waals surface area contributed by atoms with Crippen molar-refractivity contribution >= 4 is 0 Å². The summed E-state index contributed by atoms with van der Waals surface area (Å²) < 4.78 is 15.3. The average Bonchev–Trinajstić information content (AvgIpc) is 2.97. The highest BCUT2D eigenvalue weighted by Crippen LogP contribution is 2.21. The van der Waals surface area contributed by atoms with Crippen LogP contribution in [-0.2, 0) is 6.54 Å². The molecule has 2 aromatic carbocycles. The predicted molar refractivity (Wildman–Crippen MR) is 99.4 cm³/mol. The molecular formula is C21H24FN3. The number of aryl methyl sites for hydroxylation is 2. The number of benzene rings is 2. The molecule has 3 rings (SSSR count). The lowest BCUT2D eigenvalue weighted by atomic mass is 10.0. The van der Waals surface area contributed by atoms with Gasteiger partial charge >= 0.3 is 0 Å². The van der Waals surface area contributed by atoms with Gasteiger partial charge in [-0.3, -0.25) is 0 Å². The summed E-state index contributed by atoms with van der Waals surface area (Å²) in [6, 6.07) is 13.2. The number of rotatable bonds is 5. The van der Waals surface area contributed by atoms with Crippen LogP contribution in [0.3, 0.4) is 0 Å². The average molecular weight is 337 g/mol. The van der Waals surface area contributed by atoms with E-state index < -0.39 is 0 Å². The summed E-state index contributed by atoms with van der Waals surface area (Å²) in [6.45, 7) is 9.20. The lowest BCUT2D eigenvalue weighted by Gasteiger charge is -2.16. The van der Waals surface area contributed by atoms with E-state index in [4.69, 9.17) is 0 Å². The molecule has 1 heterocycles. The first-order valence-corrected chi connectivity index (χ1v) is 8.55. The van der Waals surface area contributed by atoms with Gasteiger partial charge in [0.2, 0.25) is 0 Å². The van der Waals surface area contributed by atoms with Gasteiger partial charge in [0, 0.05) is 23.8 Å². The first kappa shape index (κ1) is 17.4. The van der Waals surface area contributed by atoms with Crippen LogP contribution in [0.25, 0.3) is 5.69 Å². The standard InChI is InChI=1S/C21H24FN3/c1-14-8-9-15(2)18(10-14)12-23-16(3)21-13-24-25(17(21)4)20-7-5-6-19(22)11-20/h5-11,13,16,23H,12H2,1-4H3/t16-/m0/s1. The van der Waals surface area contributed by atoms with Gasteiger partial charge in [-0.25, -0.2) is 9.07 Å². The van der Waals surface area contributed by atoms with Crippen molar-refractivity contribution in [1.29, 1.82) is 0 Å². The lowest BCUT2D eigenvalue weighted by molar-refractivity contribution is 0.570. The molecule has 0 bridgehead atoms. The van der Waals surface area contributed by atoms with Crippen LogP contribution < -0.4 is 5.32 Å². The van der Waals surface area contributed by atoms with Crippen molar-refractivity contribution in [3.05, 3.63) is 82.4 Å². The third-order valence-corrected chi connectivity index (χ3v) is 4.67. The van der Waals surface area contributed by atoms with Crippen LogP contribution in [-0.4, -0.2) is 9.78 Å². The smallest absolute Gasteiger partial charge is 0.125 e. The predicted octanol–water partition coefficient (Wildman–Crippen LogP) is 4.79. The molecule has 1 N–H and O–H groups in total. The van der Waals surface area contributed by atoms with Crippen molar-refractivity contribution in [3.63, 3.8) is 0 Å². The quantitative estimate of drug-likeness (QED) is 0.725. The summed E-state index contributed by atoms with van der Waals surface area (Å²) in [5.41, 5.74) is 6.75. The highest BCUT2D eigenvalue weighted by atomic mass is 19.1. The fourth-order valence-corrected chi connectivity index (χ4v) is 3.08. The van der Waals surface area contributed by atoms with Gasteiger partial charge in [-0.1, -0.05) is 29.8 Å². The molecule has 0 radical (unpaired) electrons. The summed E-state index contributed by atoms with van der Waals surface area (Å²) in [6.07, 6.45) is 1.86. The van der Waals surface area contributed by atoms with Crippen LogP contribution in [0, 0.1) is 26.6 Å². The van der Waals surface area contributed by atoms with Crippen molar-refractivity contribution in [1.82, 2.24) is 15.1 Å². The van der Waals surface area contributed by atoms with Crippen molar-refractivity contribution in [2.24, 2.45) is 0 Å². The minimum atomic E-state index is -0.255. The lowest BCUT2D eigenvalue weighted by Crippen LogP contribution is -2.19. The number of aromatic nitrogens is 2. The molecule has 130 valence electrons. The van der Waals surface area contributed by atoms with E-state index in [-0.39, 0.29) is 11.9 Å². The molecule has 0 aliphatic rings. The summed E-state index contributed by atoms with van der Waals surface area (Å²) in [5, 5.41) is 8.02. The Bertz CT molecular complexity index is 883. The molecule has 0 saturated heterocycles. The van der Waals surface area contributed by atoms with Crippen LogP contribution in [0.2, 0.25) is 0 Å². The molecule has 0 aliphatic carbocycles. The SMILES string of the molecule is Cc1ccc(C)c(CN[C@@H](C)c2cnn(-c3cccc(F)c3)c2C)c1. The molecule has 0 aliphatic heterocycles. The van der Waals surface area contributed by atoms with Crippen LogP contribution in [0.5, 0.6) is 0 Å². The van der Waals surface area contributed by atoms with Gasteiger partial charge in [0.05, 0.1) is 11.9 Å².